The SMILES string of the molecule is CN1CCC(NS(=O)(=O)N(C)CCCNC2CC2)CC1. The molecular weight excluding hydrogens is 276 g/mol. The Balaban J connectivity index is 1.67. The van der Waals surface area contributed by atoms with E-state index in [1.54, 1.807) is 7.05 Å². The van der Waals surface area contributed by atoms with Gasteiger partial charge in [0, 0.05) is 25.7 Å². The van der Waals surface area contributed by atoms with E-state index in [2.05, 4.69) is 22.0 Å². The topological polar surface area (TPSA) is 64.7 Å². The molecule has 118 valence electrons. The molecule has 1 saturated heterocycles. The van der Waals surface area contributed by atoms with E-state index < -0.39 is 10.2 Å². The van der Waals surface area contributed by atoms with E-state index in [1.165, 1.54) is 17.1 Å². The standard InChI is InChI=1S/C13H28N4O2S/c1-16-10-6-13(7-11-16)15-20(18,19)17(2)9-3-8-14-12-4-5-12/h12-15H,3-11H2,1-2H3. The van der Waals surface area contributed by atoms with Gasteiger partial charge in [-0.25, -0.2) is 0 Å². The molecule has 0 atom stereocenters. The van der Waals surface area contributed by atoms with Gasteiger partial charge in [0.15, 0.2) is 0 Å². The van der Waals surface area contributed by atoms with Crippen molar-refractivity contribution < 1.29 is 8.42 Å². The van der Waals surface area contributed by atoms with Gasteiger partial charge in [0.2, 0.25) is 0 Å². The first-order valence-electron chi connectivity index (χ1n) is 7.63. The van der Waals surface area contributed by atoms with Gasteiger partial charge < -0.3 is 10.2 Å². The molecule has 0 radical (unpaired) electrons. The second-order valence-electron chi connectivity index (χ2n) is 6.10. The second-order valence-corrected chi connectivity index (χ2v) is 7.91. The Kier molecular flexibility index (Phi) is 5.80. The smallest absolute Gasteiger partial charge is 0.279 e. The average molecular weight is 304 g/mol. The van der Waals surface area contributed by atoms with Gasteiger partial charge in [-0.2, -0.15) is 17.4 Å². The van der Waals surface area contributed by atoms with Gasteiger partial charge in [-0.1, -0.05) is 0 Å². The van der Waals surface area contributed by atoms with E-state index in [4.69, 9.17) is 0 Å². The van der Waals surface area contributed by atoms with Crippen molar-refractivity contribution in [1.82, 2.24) is 19.2 Å². The number of likely N-dealkylation sites (tertiary alicyclic amines) is 1. The minimum Gasteiger partial charge on any atom is -0.314 e. The predicted molar refractivity (Wildman–Crippen MR) is 80.8 cm³/mol. The fraction of sp³-hybridized carbons (Fsp3) is 1.00. The third-order valence-corrected chi connectivity index (χ3v) is 5.74. The summed E-state index contributed by atoms with van der Waals surface area (Å²) in [7, 11) is 0.409. The van der Waals surface area contributed by atoms with Crippen molar-refractivity contribution in [3.8, 4) is 0 Å². The van der Waals surface area contributed by atoms with E-state index in [1.807, 2.05) is 0 Å². The Morgan fingerprint density at radius 2 is 1.80 bits per heavy atom. The van der Waals surface area contributed by atoms with Crippen LogP contribution in [-0.2, 0) is 10.2 Å². The molecule has 0 spiro atoms. The average Bonchev–Trinajstić information content (AvgIpc) is 3.21. The molecule has 6 nitrogen and oxygen atoms in total. The van der Waals surface area contributed by atoms with Crippen LogP contribution in [0.4, 0.5) is 0 Å². The molecule has 0 bridgehead atoms. The zero-order chi connectivity index (χ0) is 14.6. The zero-order valence-corrected chi connectivity index (χ0v) is 13.5. The largest absolute Gasteiger partial charge is 0.314 e. The highest BCUT2D eigenvalue weighted by Crippen LogP contribution is 2.18. The summed E-state index contributed by atoms with van der Waals surface area (Å²) in [5.41, 5.74) is 0. The van der Waals surface area contributed by atoms with Crippen molar-refractivity contribution in [2.75, 3.05) is 40.3 Å². The van der Waals surface area contributed by atoms with E-state index in [9.17, 15) is 8.42 Å². The summed E-state index contributed by atoms with van der Waals surface area (Å²) < 4.78 is 28.7. The summed E-state index contributed by atoms with van der Waals surface area (Å²) in [5, 5.41) is 3.40. The minimum absolute atomic E-state index is 0.0863. The number of rotatable bonds is 8. The number of piperidine rings is 1. The third-order valence-electron chi connectivity index (χ3n) is 4.10. The third kappa shape index (κ3) is 5.29. The van der Waals surface area contributed by atoms with Gasteiger partial charge in [-0.15, -0.1) is 0 Å². The van der Waals surface area contributed by atoms with Crippen LogP contribution in [0.5, 0.6) is 0 Å². The molecule has 2 N–H and O–H groups in total. The van der Waals surface area contributed by atoms with Gasteiger partial charge in [0.05, 0.1) is 0 Å². The van der Waals surface area contributed by atoms with Crippen LogP contribution in [0.3, 0.4) is 0 Å². The maximum Gasteiger partial charge on any atom is 0.279 e. The fourth-order valence-corrected chi connectivity index (χ4v) is 3.65. The molecular formula is C13H28N4O2S. The van der Waals surface area contributed by atoms with Crippen LogP contribution in [0.2, 0.25) is 0 Å². The monoisotopic (exact) mass is 304 g/mol. The summed E-state index contributed by atoms with van der Waals surface area (Å²) in [6, 6.07) is 0.775. The van der Waals surface area contributed by atoms with Gasteiger partial charge in [-0.3, -0.25) is 0 Å². The Morgan fingerprint density at radius 1 is 1.15 bits per heavy atom. The molecule has 0 amide bonds. The highest BCUT2D eigenvalue weighted by Gasteiger charge is 2.25. The lowest BCUT2D eigenvalue weighted by atomic mass is 10.1. The summed E-state index contributed by atoms with van der Waals surface area (Å²) in [5.74, 6) is 0. The molecule has 2 fully saturated rings. The second kappa shape index (κ2) is 7.17. The van der Waals surface area contributed by atoms with Gasteiger partial charge in [0.1, 0.15) is 0 Å². The van der Waals surface area contributed by atoms with Crippen molar-refractivity contribution in [3.05, 3.63) is 0 Å². The number of hydrogen-bond acceptors (Lipinski definition) is 4. The lowest BCUT2D eigenvalue weighted by Gasteiger charge is -2.30. The van der Waals surface area contributed by atoms with Gasteiger partial charge >= 0.3 is 0 Å². The molecule has 0 aromatic heterocycles. The van der Waals surface area contributed by atoms with E-state index in [-0.39, 0.29) is 6.04 Å². The lowest BCUT2D eigenvalue weighted by molar-refractivity contribution is 0.246. The summed E-state index contributed by atoms with van der Waals surface area (Å²) in [6.07, 6.45) is 5.19. The first-order valence-corrected chi connectivity index (χ1v) is 9.07. The molecule has 1 heterocycles. The Hall–Kier alpha value is -0.210. The minimum atomic E-state index is -3.33. The zero-order valence-electron chi connectivity index (χ0n) is 12.6. The van der Waals surface area contributed by atoms with Crippen molar-refractivity contribution in [2.45, 2.75) is 44.2 Å². The Labute approximate surface area is 123 Å². The summed E-state index contributed by atoms with van der Waals surface area (Å²) in [4.78, 5) is 2.23. The van der Waals surface area contributed by atoms with Gasteiger partial charge in [0.25, 0.3) is 10.2 Å². The predicted octanol–water partition coefficient (Wildman–Crippen LogP) is -0.0111. The highest BCUT2D eigenvalue weighted by molar-refractivity contribution is 7.87. The van der Waals surface area contributed by atoms with Crippen LogP contribution in [-0.4, -0.2) is 70.0 Å². The molecule has 7 heteroatoms. The molecule has 1 aliphatic carbocycles. The van der Waals surface area contributed by atoms with Gasteiger partial charge in [-0.05, 0) is 58.8 Å². The number of nitrogens with zero attached hydrogens (tertiary/aromatic N) is 2. The quantitative estimate of drug-likeness (QED) is 0.619. The van der Waals surface area contributed by atoms with Crippen LogP contribution >= 0.6 is 0 Å². The Morgan fingerprint density at radius 3 is 2.40 bits per heavy atom. The van der Waals surface area contributed by atoms with E-state index >= 15 is 0 Å². The van der Waals surface area contributed by atoms with Crippen molar-refractivity contribution in [1.29, 1.82) is 0 Å². The molecule has 20 heavy (non-hydrogen) atoms. The van der Waals surface area contributed by atoms with Crippen LogP contribution in [0.1, 0.15) is 32.1 Å². The molecule has 2 rings (SSSR count). The molecule has 0 unspecified atom stereocenters. The van der Waals surface area contributed by atoms with Crippen LogP contribution in [0.15, 0.2) is 0 Å². The maximum absolute atomic E-state index is 12.2. The highest BCUT2D eigenvalue weighted by atomic mass is 32.2. The Bertz CT molecular complexity index is 389. The maximum atomic E-state index is 12.2. The molecule has 2 aliphatic rings. The summed E-state index contributed by atoms with van der Waals surface area (Å²) >= 11 is 0. The molecule has 1 aliphatic heterocycles. The van der Waals surface area contributed by atoms with Crippen LogP contribution in [0, 0.1) is 0 Å². The number of hydrogen-bond donors (Lipinski definition) is 2. The van der Waals surface area contributed by atoms with Crippen LogP contribution < -0.4 is 10.0 Å². The molecule has 0 aromatic rings. The van der Waals surface area contributed by atoms with Crippen molar-refractivity contribution in [2.24, 2.45) is 0 Å². The molecule has 1 saturated carbocycles. The van der Waals surface area contributed by atoms with Crippen molar-refractivity contribution >= 4 is 10.2 Å². The fourth-order valence-electron chi connectivity index (χ4n) is 2.44. The lowest BCUT2D eigenvalue weighted by Crippen LogP contribution is -2.48. The normalized spacial score (nSPS) is 22.6. The van der Waals surface area contributed by atoms with Crippen molar-refractivity contribution in [3.63, 3.8) is 0 Å². The first kappa shape index (κ1) is 16.2. The number of nitrogens with one attached hydrogen (secondary N) is 2. The van der Waals surface area contributed by atoms with E-state index in [0.717, 1.165) is 38.9 Å². The molecule has 0 aromatic carbocycles. The van der Waals surface area contributed by atoms with Crippen LogP contribution in [0.25, 0.3) is 0 Å². The van der Waals surface area contributed by atoms with E-state index in [0.29, 0.717) is 12.6 Å². The summed E-state index contributed by atoms with van der Waals surface area (Å²) in [6.45, 7) is 3.39. The first-order chi connectivity index (χ1) is 9.47.